The van der Waals surface area contributed by atoms with Crippen LogP contribution in [-0.4, -0.2) is 31.0 Å². The van der Waals surface area contributed by atoms with E-state index < -0.39 is 0 Å². The van der Waals surface area contributed by atoms with Gasteiger partial charge < -0.3 is 16.2 Å². The minimum atomic E-state index is 0.0463. The van der Waals surface area contributed by atoms with Crippen LogP contribution in [0, 0.1) is 0 Å². The molecule has 26 heavy (non-hydrogen) atoms. The van der Waals surface area contributed by atoms with Gasteiger partial charge in [0.25, 0.3) is 0 Å². The number of anilines is 2. The van der Waals surface area contributed by atoms with Crippen molar-refractivity contribution >= 4 is 33.2 Å². The molecule has 0 radical (unpaired) electrons. The summed E-state index contributed by atoms with van der Waals surface area (Å²) in [5.74, 6) is 1.14. The van der Waals surface area contributed by atoms with Gasteiger partial charge in [0.15, 0.2) is 5.65 Å². The molecule has 0 bridgehead atoms. The second-order valence-electron chi connectivity index (χ2n) is 6.18. The number of nitrogen functional groups attached to an aromatic ring is 1. The third-order valence-electron chi connectivity index (χ3n) is 4.09. The first-order chi connectivity index (χ1) is 12.5. The number of pyridine rings is 1. The highest BCUT2D eigenvalue weighted by Gasteiger charge is 2.10. The van der Waals surface area contributed by atoms with Crippen molar-refractivity contribution in [3.8, 4) is 0 Å². The molecule has 3 heterocycles. The van der Waals surface area contributed by atoms with Gasteiger partial charge in [-0.2, -0.15) is 9.61 Å². The van der Waals surface area contributed by atoms with Gasteiger partial charge in [-0.05, 0) is 34.8 Å². The van der Waals surface area contributed by atoms with Gasteiger partial charge in [0.05, 0.1) is 16.8 Å². The third-order valence-corrected chi connectivity index (χ3v) is 4.65. The number of fused-ring (bicyclic) bond motifs is 1. The fourth-order valence-electron chi connectivity index (χ4n) is 2.79. The molecule has 3 aromatic rings. The van der Waals surface area contributed by atoms with Gasteiger partial charge in [0.1, 0.15) is 11.6 Å². The molecule has 1 aliphatic carbocycles. The molecular formula is C17H22BrN6O2+. The highest BCUT2D eigenvalue weighted by Crippen LogP contribution is 2.21. The zero-order chi connectivity index (χ0) is 18.5. The molecule has 0 atom stereocenters. The zero-order valence-electron chi connectivity index (χ0n) is 14.2. The fourth-order valence-corrected chi connectivity index (χ4v) is 3.14. The minimum Gasteiger partial charge on any atom is -0.393 e. The van der Waals surface area contributed by atoms with Crippen LogP contribution in [0.5, 0.6) is 0 Å². The number of hydrogen-bond acceptors (Lipinski definition) is 6. The van der Waals surface area contributed by atoms with E-state index in [1.165, 1.54) is 12.8 Å². The number of nitrogens with zero attached hydrogens (tertiary/aromatic N) is 4. The van der Waals surface area contributed by atoms with Gasteiger partial charge >= 0.3 is 0 Å². The summed E-state index contributed by atoms with van der Waals surface area (Å²) < 4.78 is 3.45. The molecule has 8 nitrogen and oxygen atoms in total. The molecule has 1 fully saturated rings. The third kappa shape index (κ3) is 4.61. The lowest BCUT2D eigenvalue weighted by atomic mass is 10.3. The van der Waals surface area contributed by atoms with E-state index in [1.54, 1.807) is 35.2 Å². The second-order valence-corrected chi connectivity index (χ2v) is 7.03. The Hall–Kier alpha value is -2.39. The van der Waals surface area contributed by atoms with Crippen LogP contribution in [0.25, 0.3) is 5.65 Å². The molecule has 1 aliphatic rings. The molecule has 5 N–H and O–H groups in total. The average molecular weight is 422 g/mol. The number of aliphatic hydroxyl groups is 1. The van der Waals surface area contributed by atoms with Crippen LogP contribution in [0.15, 0.2) is 41.3 Å². The lowest BCUT2D eigenvalue weighted by Gasteiger charge is -2.08. The monoisotopic (exact) mass is 421 g/mol. The Bertz CT molecular complexity index is 879. The van der Waals surface area contributed by atoms with Crippen LogP contribution in [-0.2, 0) is 6.54 Å². The van der Waals surface area contributed by atoms with Gasteiger partial charge in [-0.3, -0.25) is 5.21 Å². The molecular weight excluding hydrogens is 400 g/mol. The van der Waals surface area contributed by atoms with E-state index in [1.807, 2.05) is 6.07 Å². The van der Waals surface area contributed by atoms with Crippen LogP contribution in [0.3, 0.4) is 0 Å². The van der Waals surface area contributed by atoms with Crippen molar-refractivity contribution in [2.45, 2.75) is 38.3 Å². The summed E-state index contributed by atoms with van der Waals surface area (Å²) in [5.41, 5.74) is 7.36. The molecule has 0 aliphatic heterocycles. The standard InChI is InChI=1S/C12H12BrN6O.C5H10O/c13-9-6-16-19-11(4-10(14)17-12(9)19)15-5-8-2-1-3-18(20)7-8;6-5-3-1-2-4-5/h1-4,6-7,15,20H,5H2,(H2,14,17);5-6H,1-4H2/q+1;. The Morgan fingerprint density at radius 2 is 2.15 bits per heavy atom. The Balaban J connectivity index is 0.000000278. The second kappa shape index (κ2) is 8.33. The number of aromatic nitrogens is 4. The van der Waals surface area contributed by atoms with Gasteiger partial charge in [-0.15, -0.1) is 0 Å². The maximum Gasteiger partial charge on any atom is 0.227 e. The number of rotatable bonds is 3. The van der Waals surface area contributed by atoms with Crippen LogP contribution in [0.2, 0.25) is 0 Å². The van der Waals surface area contributed by atoms with Crippen molar-refractivity contribution in [2.24, 2.45) is 0 Å². The van der Waals surface area contributed by atoms with E-state index in [0.717, 1.165) is 33.4 Å². The van der Waals surface area contributed by atoms with E-state index in [0.29, 0.717) is 18.0 Å². The van der Waals surface area contributed by atoms with Crippen molar-refractivity contribution < 1.29 is 15.0 Å². The molecule has 0 spiro atoms. The Labute approximate surface area is 159 Å². The largest absolute Gasteiger partial charge is 0.393 e. The quantitative estimate of drug-likeness (QED) is 0.380. The molecule has 9 heteroatoms. The van der Waals surface area contributed by atoms with Crippen molar-refractivity contribution in [3.05, 3.63) is 46.8 Å². The molecule has 0 amide bonds. The summed E-state index contributed by atoms with van der Waals surface area (Å²) >= 11 is 3.38. The van der Waals surface area contributed by atoms with E-state index in [9.17, 15) is 5.21 Å². The van der Waals surface area contributed by atoms with Crippen LogP contribution in [0.4, 0.5) is 11.6 Å². The van der Waals surface area contributed by atoms with E-state index >= 15 is 0 Å². The van der Waals surface area contributed by atoms with Crippen molar-refractivity contribution in [1.29, 1.82) is 0 Å². The lowest BCUT2D eigenvalue weighted by molar-refractivity contribution is -0.905. The van der Waals surface area contributed by atoms with E-state index in [4.69, 9.17) is 10.8 Å². The highest BCUT2D eigenvalue weighted by atomic mass is 79.9. The predicted molar refractivity (Wildman–Crippen MR) is 101 cm³/mol. The predicted octanol–water partition coefficient (Wildman–Crippen LogP) is 2.13. The van der Waals surface area contributed by atoms with Gasteiger partial charge in [0.2, 0.25) is 12.4 Å². The van der Waals surface area contributed by atoms with Gasteiger partial charge in [0, 0.05) is 29.0 Å². The van der Waals surface area contributed by atoms with Gasteiger partial charge in [-0.1, -0.05) is 12.8 Å². The van der Waals surface area contributed by atoms with E-state index in [-0.39, 0.29) is 6.10 Å². The SMILES string of the molecule is Nc1cc(NCc2ccc[n+](O)c2)n2ncc(Br)c2n1.OC1CCCC1. The molecule has 0 unspecified atom stereocenters. The molecule has 138 valence electrons. The minimum absolute atomic E-state index is 0.0463. The topological polar surface area (TPSA) is 113 Å². The average Bonchev–Trinajstić information content (AvgIpc) is 3.23. The number of hydrogen-bond donors (Lipinski definition) is 4. The zero-order valence-corrected chi connectivity index (χ0v) is 15.8. The summed E-state index contributed by atoms with van der Waals surface area (Å²) in [6.07, 6.45) is 9.44. The highest BCUT2D eigenvalue weighted by molar-refractivity contribution is 9.10. The van der Waals surface area contributed by atoms with Crippen LogP contribution >= 0.6 is 15.9 Å². The maximum absolute atomic E-state index is 9.36. The van der Waals surface area contributed by atoms with Crippen molar-refractivity contribution in [2.75, 3.05) is 11.1 Å². The summed E-state index contributed by atoms with van der Waals surface area (Å²) in [6.45, 7) is 0.525. The Kier molecular flexibility index (Phi) is 5.89. The summed E-state index contributed by atoms with van der Waals surface area (Å²) in [6, 6.07) is 5.38. The first-order valence-electron chi connectivity index (χ1n) is 8.44. The molecule has 4 rings (SSSR count). The number of halogens is 1. The Morgan fingerprint density at radius 3 is 2.81 bits per heavy atom. The first-order valence-corrected chi connectivity index (χ1v) is 9.23. The first kappa shape index (κ1) is 18.4. The molecule has 1 saturated carbocycles. The summed E-state index contributed by atoms with van der Waals surface area (Å²) in [5, 5.41) is 25.5. The Morgan fingerprint density at radius 1 is 1.38 bits per heavy atom. The molecule has 0 saturated heterocycles. The van der Waals surface area contributed by atoms with Crippen molar-refractivity contribution in [1.82, 2.24) is 14.6 Å². The number of nitrogens with two attached hydrogens (primary N) is 1. The molecule has 0 aromatic carbocycles. The van der Waals surface area contributed by atoms with Crippen molar-refractivity contribution in [3.63, 3.8) is 0 Å². The fraction of sp³-hybridized carbons (Fsp3) is 0.353. The lowest BCUT2D eigenvalue weighted by Crippen LogP contribution is -2.29. The number of aliphatic hydroxyl groups excluding tert-OH is 1. The summed E-state index contributed by atoms with van der Waals surface area (Å²) in [7, 11) is 0. The maximum atomic E-state index is 9.36. The van der Waals surface area contributed by atoms with Crippen LogP contribution in [0.1, 0.15) is 31.2 Å². The van der Waals surface area contributed by atoms with Gasteiger partial charge in [-0.25, -0.2) is 4.98 Å². The normalized spacial score (nSPS) is 14.2. The summed E-state index contributed by atoms with van der Waals surface area (Å²) in [4.78, 5) is 4.21. The number of nitrogens with one attached hydrogen (secondary N) is 1. The van der Waals surface area contributed by atoms with Crippen LogP contribution < -0.4 is 15.8 Å². The van der Waals surface area contributed by atoms with E-state index in [2.05, 4.69) is 31.3 Å². The smallest absolute Gasteiger partial charge is 0.227 e. The molecule has 3 aromatic heterocycles.